The largest absolute Gasteiger partial charge is 0.463 e. The molecular formula is C9H10F3NO4. The molecule has 17 heavy (non-hydrogen) atoms. The summed E-state index contributed by atoms with van der Waals surface area (Å²) in [5, 5.41) is 11.0. The Bertz CT molecular complexity index is 377. The van der Waals surface area contributed by atoms with Crippen molar-refractivity contribution in [2.75, 3.05) is 6.61 Å². The average molecular weight is 253 g/mol. The molecule has 0 spiro atoms. The third-order valence-corrected chi connectivity index (χ3v) is 2.14. The molecule has 96 valence electrons. The minimum absolute atomic E-state index is 0.0557. The van der Waals surface area contributed by atoms with E-state index in [1.807, 2.05) is 0 Å². The van der Waals surface area contributed by atoms with Crippen LogP contribution in [-0.4, -0.2) is 35.4 Å². The first kappa shape index (κ1) is 13.5. The highest BCUT2D eigenvalue weighted by Crippen LogP contribution is 2.38. The van der Waals surface area contributed by atoms with Gasteiger partial charge in [-0.3, -0.25) is 4.79 Å². The van der Waals surface area contributed by atoms with E-state index in [1.165, 1.54) is 6.92 Å². The standard InChI is InChI=1S/C9H10F3NO4/c1-2-17-6(14)3-5-4-8(16,7(15)13-5)9(10,11)12/h3,16H,2,4H2,1H3,(H,13,15)/b5-3-/t8-/m1/s1. The van der Waals surface area contributed by atoms with Gasteiger partial charge in [0.05, 0.1) is 6.61 Å². The summed E-state index contributed by atoms with van der Waals surface area (Å²) < 4.78 is 41.7. The number of alkyl halides is 3. The molecule has 0 radical (unpaired) electrons. The molecule has 1 heterocycles. The van der Waals surface area contributed by atoms with Gasteiger partial charge in [-0.1, -0.05) is 0 Å². The van der Waals surface area contributed by atoms with Crippen molar-refractivity contribution in [3.63, 3.8) is 0 Å². The van der Waals surface area contributed by atoms with Gasteiger partial charge < -0.3 is 15.2 Å². The van der Waals surface area contributed by atoms with Crippen molar-refractivity contribution in [3.05, 3.63) is 11.8 Å². The molecule has 0 aromatic heterocycles. The van der Waals surface area contributed by atoms with Crippen LogP contribution in [0.15, 0.2) is 11.8 Å². The SMILES string of the molecule is CCOC(=O)/C=C1/C[C@](O)(C(F)(F)F)C(=O)N1. The quantitative estimate of drug-likeness (QED) is 0.546. The average Bonchev–Trinajstić information content (AvgIpc) is 2.42. The summed E-state index contributed by atoms with van der Waals surface area (Å²) in [6.07, 6.45) is -5.40. The first-order valence-corrected chi connectivity index (χ1v) is 4.68. The molecule has 0 saturated carbocycles. The zero-order chi connectivity index (χ0) is 13.3. The molecule has 1 atom stereocenters. The van der Waals surface area contributed by atoms with Crippen LogP contribution >= 0.6 is 0 Å². The third kappa shape index (κ3) is 2.57. The molecule has 1 saturated heterocycles. The maximum atomic E-state index is 12.4. The van der Waals surface area contributed by atoms with Crippen molar-refractivity contribution in [2.24, 2.45) is 0 Å². The lowest BCUT2D eigenvalue weighted by atomic mass is 10.0. The van der Waals surface area contributed by atoms with E-state index in [4.69, 9.17) is 0 Å². The van der Waals surface area contributed by atoms with Crippen LogP contribution in [0, 0.1) is 0 Å². The zero-order valence-corrected chi connectivity index (χ0v) is 8.80. The predicted octanol–water partition coefficient (Wildman–Crippen LogP) is 0.247. The molecule has 0 bridgehead atoms. The van der Waals surface area contributed by atoms with Gasteiger partial charge >= 0.3 is 12.1 Å². The van der Waals surface area contributed by atoms with E-state index in [1.54, 1.807) is 5.32 Å². The summed E-state index contributed by atoms with van der Waals surface area (Å²) in [5.74, 6) is -2.48. The Morgan fingerprint density at radius 1 is 1.65 bits per heavy atom. The summed E-state index contributed by atoms with van der Waals surface area (Å²) >= 11 is 0. The van der Waals surface area contributed by atoms with Crippen molar-refractivity contribution in [3.8, 4) is 0 Å². The number of ether oxygens (including phenoxy) is 1. The summed E-state index contributed by atoms with van der Waals surface area (Å²) in [4.78, 5) is 22.0. The number of esters is 1. The first-order chi connectivity index (χ1) is 7.70. The molecule has 1 aliphatic rings. The van der Waals surface area contributed by atoms with Gasteiger partial charge in [-0.05, 0) is 6.92 Å². The molecule has 0 unspecified atom stereocenters. The Labute approximate surface area is 94.2 Å². The van der Waals surface area contributed by atoms with Crippen LogP contribution < -0.4 is 5.32 Å². The molecule has 2 N–H and O–H groups in total. The van der Waals surface area contributed by atoms with Crippen LogP contribution in [0.2, 0.25) is 0 Å². The Morgan fingerprint density at radius 3 is 2.65 bits per heavy atom. The highest BCUT2D eigenvalue weighted by Gasteiger charge is 2.62. The second kappa shape index (κ2) is 4.36. The fourth-order valence-electron chi connectivity index (χ4n) is 1.29. The van der Waals surface area contributed by atoms with Gasteiger partial charge in [0, 0.05) is 18.2 Å². The number of nitrogens with one attached hydrogen (secondary N) is 1. The number of hydrogen-bond donors (Lipinski definition) is 2. The summed E-state index contributed by atoms with van der Waals surface area (Å²) in [7, 11) is 0. The molecule has 1 aliphatic heterocycles. The lowest BCUT2D eigenvalue weighted by molar-refractivity contribution is -0.246. The van der Waals surface area contributed by atoms with E-state index < -0.39 is 30.1 Å². The van der Waals surface area contributed by atoms with Crippen LogP contribution in [0.3, 0.4) is 0 Å². The smallest absolute Gasteiger partial charge is 0.426 e. The van der Waals surface area contributed by atoms with E-state index in [2.05, 4.69) is 4.74 Å². The fraction of sp³-hybridized carbons (Fsp3) is 0.556. The van der Waals surface area contributed by atoms with Crippen molar-refractivity contribution in [2.45, 2.75) is 25.1 Å². The molecule has 0 aromatic rings. The number of amides is 1. The van der Waals surface area contributed by atoms with Crippen molar-refractivity contribution in [1.82, 2.24) is 5.32 Å². The highest BCUT2D eigenvalue weighted by atomic mass is 19.4. The monoisotopic (exact) mass is 253 g/mol. The van der Waals surface area contributed by atoms with Crippen LogP contribution in [0.1, 0.15) is 13.3 Å². The van der Waals surface area contributed by atoms with Crippen LogP contribution in [0.5, 0.6) is 0 Å². The van der Waals surface area contributed by atoms with Gasteiger partial charge in [0.15, 0.2) is 0 Å². The number of rotatable bonds is 2. The lowest BCUT2D eigenvalue weighted by Crippen LogP contribution is -2.50. The second-order valence-electron chi connectivity index (χ2n) is 3.41. The van der Waals surface area contributed by atoms with Crippen molar-refractivity contribution in [1.29, 1.82) is 0 Å². The van der Waals surface area contributed by atoms with Crippen molar-refractivity contribution < 1.29 is 32.6 Å². The number of halogens is 3. The number of hydrogen-bond acceptors (Lipinski definition) is 4. The second-order valence-corrected chi connectivity index (χ2v) is 3.41. The van der Waals surface area contributed by atoms with Crippen LogP contribution in [0.4, 0.5) is 13.2 Å². The predicted molar refractivity (Wildman–Crippen MR) is 48.5 cm³/mol. The molecular weight excluding hydrogens is 243 g/mol. The van der Waals surface area contributed by atoms with Gasteiger partial charge in [-0.2, -0.15) is 13.2 Å². The molecule has 1 amide bonds. The Morgan fingerprint density at radius 2 is 2.24 bits per heavy atom. The van der Waals surface area contributed by atoms with Gasteiger partial charge in [-0.15, -0.1) is 0 Å². The summed E-state index contributed by atoms with van der Waals surface area (Å²) in [5.41, 5.74) is -3.81. The molecule has 5 nitrogen and oxygen atoms in total. The normalized spacial score (nSPS) is 27.1. The Hall–Kier alpha value is -1.57. The molecule has 0 aromatic carbocycles. The van der Waals surface area contributed by atoms with Crippen molar-refractivity contribution >= 4 is 11.9 Å². The van der Waals surface area contributed by atoms with Gasteiger partial charge in [-0.25, -0.2) is 4.79 Å². The highest BCUT2D eigenvalue weighted by molar-refractivity contribution is 5.93. The number of carbonyl (C=O) groups excluding carboxylic acids is 2. The van der Waals surface area contributed by atoms with Crippen LogP contribution in [-0.2, 0) is 14.3 Å². The lowest BCUT2D eigenvalue weighted by Gasteiger charge is -2.21. The van der Waals surface area contributed by atoms with E-state index in [9.17, 15) is 27.9 Å². The van der Waals surface area contributed by atoms with E-state index in [0.717, 1.165) is 0 Å². The zero-order valence-electron chi connectivity index (χ0n) is 8.80. The van der Waals surface area contributed by atoms with Gasteiger partial charge in [0.2, 0.25) is 5.60 Å². The maximum Gasteiger partial charge on any atom is 0.426 e. The molecule has 8 heteroatoms. The minimum Gasteiger partial charge on any atom is -0.463 e. The first-order valence-electron chi connectivity index (χ1n) is 4.68. The van der Waals surface area contributed by atoms with Gasteiger partial charge in [0.1, 0.15) is 0 Å². The summed E-state index contributed by atoms with van der Waals surface area (Å²) in [6.45, 7) is 1.58. The molecule has 1 rings (SSSR count). The topological polar surface area (TPSA) is 75.6 Å². The fourth-order valence-corrected chi connectivity index (χ4v) is 1.29. The third-order valence-electron chi connectivity index (χ3n) is 2.14. The number of aliphatic hydroxyl groups is 1. The Balaban J connectivity index is 2.87. The minimum atomic E-state index is -5.10. The maximum absolute atomic E-state index is 12.4. The van der Waals surface area contributed by atoms with E-state index in [-0.39, 0.29) is 12.3 Å². The molecule has 0 aliphatic carbocycles. The van der Waals surface area contributed by atoms with Gasteiger partial charge in [0.25, 0.3) is 5.91 Å². The summed E-state index contributed by atoms with van der Waals surface area (Å²) in [6, 6.07) is 0. The van der Waals surface area contributed by atoms with E-state index >= 15 is 0 Å². The van der Waals surface area contributed by atoms with E-state index in [0.29, 0.717) is 6.08 Å². The van der Waals surface area contributed by atoms with Crippen LogP contribution in [0.25, 0.3) is 0 Å². The number of carbonyl (C=O) groups is 2. The molecule has 1 fully saturated rings. The Kier molecular flexibility index (Phi) is 3.46.